The summed E-state index contributed by atoms with van der Waals surface area (Å²) in [7, 11) is 0. The fourth-order valence-electron chi connectivity index (χ4n) is 1.70. The lowest BCUT2D eigenvalue weighted by Crippen LogP contribution is -2.05. The summed E-state index contributed by atoms with van der Waals surface area (Å²) in [6.07, 6.45) is 2.91. The minimum Gasteiger partial charge on any atom is -0.393 e. The van der Waals surface area contributed by atoms with E-state index in [9.17, 15) is 8.78 Å². The van der Waals surface area contributed by atoms with Gasteiger partial charge in [0, 0.05) is 17.6 Å². The van der Waals surface area contributed by atoms with Crippen molar-refractivity contribution in [1.82, 2.24) is 15.0 Å². The van der Waals surface area contributed by atoms with Gasteiger partial charge in [0.05, 0.1) is 5.69 Å². The summed E-state index contributed by atoms with van der Waals surface area (Å²) in [5.74, 6) is -0.855. The number of hydrogen-bond donors (Lipinski definition) is 3. The molecule has 0 saturated heterocycles. The summed E-state index contributed by atoms with van der Waals surface area (Å²) in [4.78, 5) is 12.0. The Morgan fingerprint density at radius 2 is 1.82 bits per heavy atom. The van der Waals surface area contributed by atoms with Crippen molar-refractivity contribution in [3.63, 3.8) is 0 Å². The minimum absolute atomic E-state index is 0.0620. The third-order valence-corrected chi connectivity index (χ3v) is 3.41. The average molecular weight is 320 g/mol. The van der Waals surface area contributed by atoms with E-state index in [0.717, 1.165) is 12.1 Å². The fraction of sp³-hybridized carbons (Fsp3) is 0. The normalized spacial score (nSPS) is 10.5. The van der Waals surface area contributed by atoms with E-state index in [-0.39, 0.29) is 17.2 Å². The van der Waals surface area contributed by atoms with E-state index in [2.05, 4.69) is 25.6 Å². The van der Waals surface area contributed by atoms with Crippen molar-refractivity contribution in [3.8, 4) is 0 Å². The minimum atomic E-state index is -0.743. The lowest BCUT2D eigenvalue weighted by Gasteiger charge is -2.11. The number of nitrogens with zero attached hydrogens (tertiary/aromatic N) is 3. The van der Waals surface area contributed by atoms with Crippen molar-refractivity contribution in [3.05, 3.63) is 47.7 Å². The topological polar surface area (TPSA) is 88.8 Å². The van der Waals surface area contributed by atoms with Crippen LogP contribution in [0.2, 0.25) is 0 Å². The SMILES string of the molecule is Nc1c(Nc2nccs2)ncnc1Nc1ccc(F)cc1F. The maximum absolute atomic E-state index is 13.7. The molecule has 0 aliphatic heterocycles. The van der Waals surface area contributed by atoms with Crippen molar-refractivity contribution in [2.24, 2.45) is 0 Å². The van der Waals surface area contributed by atoms with Crippen LogP contribution in [-0.4, -0.2) is 15.0 Å². The monoisotopic (exact) mass is 320 g/mol. The molecule has 0 amide bonds. The predicted octanol–water partition coefficient (Wildman–Crippen LogP) is 3.28. The summed E-state index contributed by atoms with van der Waals surface area (Å²) >= 11 is 1.38. The third-order valence-electron chi connectivity index (χ3n) is 2.73. The van der Waals surface area contributed by atoms with Crippen molar-refractivity contribution in [2.45, 2.75) is 0 Å². The molecule has 0 spiro atoms. The highest BCUT2D eigenvalue weighted by molar-refractivity contribution is 7.13. The van der Waals surface area contributed by atoms with Gasteiger partial charge in [-0.1, -0.05) is 0 Å². The molecule has 0 bridgehead atoms. The second kappa shape index (κ2) is 5.90. The molecule has 4 N–H and O–H groups in total. The molecule has 2 aromatic heterocycles. The van der Waals surface area contributed by atoms with Gasteiger partial charge in [0.1, 0.15) is 23.6 Å². The summed E-state index contributed by atoms with van der Waals surface area (Å²) in [5, 5.41) is 8.07. The Morgan fingerprint density at radius 3 is 2.50 bits per heavy atom. The van der Waals surface area contributed by atoms with Gasteiger partial charge in [0.25, 0.3) is 0 Å². The molecule has 2 heterocycles. The number of thiazole rings is 1. The Morgan fingerprint density at radius 1 is 1.05 bits per heavy atom. The molecule has 0 radical (unpaired) electrons. The molecule has 0 saturated carbocycles. The molecular weight excluding hydrogens is 310 g/mol. The highest BCUT2D eigenvalue weighted by Crippen LogP contribution is 2.29. The molecule has 9 heteroatoms. The maximum atomic E-state index is 13.7. The number of nitrogen functional groups attached to an aromatic ring is 1. The number of benzene rings is 1. The first kappa shape index (κ1) is 14.1. The van der Waals surface area contributed by atoms with E-state index in [1.165, 1.54) is 23.7 Å². The number of halogens is 2. The zero-order valence-electron chi connectivity index (χ0n) is 11.0. The molecule has 0 unspecified atom stereocenters. The molecule has 3 rings (SSSR count). The lowest BCUT2D eigenvalue weighted by molar-refractivity contribution is 0.586. The van der Waals surface area contributed by atoms with Crippen LogP contribution in [0.1, 0.15) is 0 Å². The van der Waals surface area contributed by atoms with Crippen LogP contribution < -0.4 is 16.4 Å². The van der Waals surface area contributed by atoms with Crippen molar-refractivity contribution < 1.29 is 8.78 Å². The number of anilines is 5. The lowest BCUT2D eigenvalue weighted by atomic mass is 10.3. The van der Waals surface area contributed by atoms with E-state index < -0.39 is 11.6 Å². The summed E-state index contributed by atoms with van der Waals surface area (Å²) in [6, 6.07) is 3.17. The van der Waals surface area contributed by atoms with Crippen LogP contribution in [0.15, 0.2) is 36.1 Å². The zero-order chi connectivity index (χ0) is 15.5. The standard InChI is InChI=1S/C13H10F2N6S/c14-7-1-2-9(8(15)5-7)20-11-10(16)12(19-6-18-11)21-13-17-3-4-22-13/h1-6H,16H2,(H2,17,18,19,20,21). The van der Waals surface area contributed by atoms with Crippen molar-refractivity contribution in [1.29, 1.82) is 0 Å². The number of nitrogens with one attached hydrogen (secondary N) is 2. The predicted molar refractivity (Wildman–Crippen MR) is 81.5 cm³/mol. The molecule has 0 atom stereocenters. The number of hydrogen-bond acceptors (Lipinski definition) is 7. The average Bonchev–Trinajstić information content (AvgIpc) is 2.99. The number of nitrogens with two attached hydrogens (primary N) is 1. The highest BCUT2D eigenvalue weighted by atomic mass is 32.1. The van der Waals surface area contributed by atoms with Crippen LogP contribution in [0.5, 0.6) is 0 Å². The molecule has 6 nitrogen and oxygen atoms in total. The Bertz CT molecular complexity index is 793. The largest absolute Gasteiger partial charge is 0.393 e. The Labute approximate surface area is 128 Å². The molecule has 22 heavy (non-hydrogen) atoms. The van der Waals surface area contributed by atoms with E-state index in [0.29, 0.717) is 10.9 Å². The van der Waals surface area contributed by atoms with Gasteiger partial charge in [-0.15, -0.1) is 11.3 Å². The van der Waals surface area contributed by atoms with E-state index >= 15 is 0 Å². The fourth-order valence-corrected chi connectivity index (χ4v) is 2.23. The summed E-state index contributed by atoms with van der Waals surface area (Å²) in [5.41, 5.74) is 6.22. The number of aromatic nitrogens is 3. The van der Waals surface area contributed by atoms with Crippen LogP contribution in [0.3, 0.4) is 0 Å². The molecule has 0 aliphatic carbocycles. The Hall–Kier alpha value is -2.81. The van der Waals surface area contributed by atoms with Gasteiger partial charge in [0.15, 0.2) is 16.8 Å². The molecule has 1 aromatic carbocycles. The van der Waals surface area contributed by atoms with E-state index in [1.807, 2.05) is 0 Å². The van der Waals surface area contributed by atoms with Crippen LogP contribution >= 0.6 is 11.3 Å². The molecule has 0 aliphatic rings. The smallest absolute Gasteiger partial charge is 0.188 e. The Kier molecular flexibility index (Phi) is 3.79. The first-order valence-electron chi connectivity index (χ1n) is 6.12. The van der Waals surface area contributed by atoms with Crippen molar-refractivity contribution >= 4 is 39.5 Å². The first-order valence-corrected chi connectivity index (χ1v) is 7.00. The van der Waals surface area contributed by atoms with Gasteiger partial charge in [0.2, 0.25) is 0 Å². The van der Waals surface area contributed by atoms with Crippen LogP contribution in [0.4, 0.5) is 36.9 Å². The van der Waals surface area contributed by atoms with Crippen LogP contribution in [-0.2, 0) is 0 Å². The molecule has 3 aromatic rings. The summed E-state index contributed by atoms with van der Waals surface area (Å²) < 4.78 is 26.6. The Balaban J connectivity index is 1.88. The molecule has 112 valence electrons. The quantitative estimate of drug-likeness (QED) is 0.683. The second-order valence-corrected chi connectivity index (χ2v) is 5.09. The first-order chi connectivity index (χ1) is 10.6. The van der Waals surface area contributed by atoms with Gasteiger partial charge < -0.3 is 16.4 Å². The van der Waals surface area contributed by atoms with Gasteiger partial charge in [-0.25, -0.2) is 23.7 Å². The zero-order valence-corrected chi connectivity index (χ0v) is 11.9. The second-order valence-electron chi connectivity index (χ2n) is 4.20. The van der Waals surface area contributed by atoms with E-state index in [1.54, 1.807) is 11.6 Å². The van der Waals surface area contributed by atoms with E-state index in [4.69, 9.17) is 5.73 Å². The van der Waals surface area contributed by atoms with Crippen LogP contribution in [0, 0.1) is 11.6 Å². The molecule has 0 fully saturated rings. The third kappa shape index (κ3) is 2.93. The maximum Gasteiger partial charge on any atom is 0.188 e. The highest BCUT2D eigenvalue weighted by Gasteiger charge is 2.11. The van der Waals surface area contributed by atoms with Gasteiger partial charge >= 0.3 is 0 Å². The van der Waals surface area contributed by atoms with Crippen molar-refractivity contribution in [2.75, 3.05) is 16.4 Å². The molecular formula is C13H10F2N6S. The van der Waals surface area contributed by atoms with Gasteiger partial charge in [-0.3, -0.25) is 0 Å². The van der Waals surface area contributed by atoms with Gasteiger partial charge in [-0.2, -0.15) is 0 Å². The number of rotatable bonds is 4. The van der Waals surface area contributed by atoms with Gasteiger partial charge in [-0.05, 0) is 12.1 Å². The summed E-state index contributed by atoms with van der Waals surface area (Å²) in [6.45, 7) is 0. The van der Waals surface area contributed by atoms with Crippen LogP contribution in [0.25, 0.3) is 0 Å².